The Hall–Kier alpha value is -2.86. The minimum absolute atomic E-state index is 0.0481. The van der Waals surface area contributed by atoms with E-state index in [2.05, 4.69) is 10.3 Å². The van der Waals surface area contributed by atoms with Gasteiger partial charge in [-0.15, -0.1) is 0 Å². The molecule has 5 nitrogen and oxygen atoms in total. The number of nitrogens with one attached hydrogen (secondary N) is 2. The number of aromatic nitrogens is 1. The SMILES string of the molecule is CN(C)C(=O)[C@H](Cc1ccccc1)NC(=O)c1cc2c(Cl)c(F)ccc2[nH]1. The van der Waals surface area contributed by atoms with E-state index in [4.69, 9.17) is 11.6 Å². The van der Waals surface area contributed by atoms with Gasteiger partial charge in [0.25, 0.3) is 5.91 Å². The van der Waals surface area contributed by atoms with Gasteiger partial charge in [-0.2, -0.15) is 0 Å². The Morgan fingerprint density at radius 3 is 2.56 bits per heavy atom. The normalized spacial score (nSPS) is 12.0. The van der Waals surface area contributed by atoms with Gasteiger partial charge in [0.15, 0.2) is 0 Å². The van der Waals surface area contributed by atoms with Gasteiger partial charge in [0.05, 0.1) is 5.02 Å². The van der Waals surface area contributed by atoms with E-state index in [1.54, 1.807) is 14.1 Å². The third-order valence-corrected chi connectivity index (χ3v) is 4.65. The summed E-state index contributed by atoms with van der Waals surface area (Å²) in [5.74, 6) is -1.23. The Labute approximate surface area is 161 Å². The molecule has 140 valence electrons. The zero-order valence-corrected chi connectivity index (χ0v) is 15.7. The van der Waals surface area contributed by atoms with E-state index in [0.29, 0.717) is 17.3 Å². The van der Waals surface area contributed by atoms with Gasteiger partial charge in [-0.3, -0.25) is 9.59 Å². The van der Waals surface area contributed by atoms with Crippen LogP contribution in [0.1, 0.15) is 16.1 Å². The first-order valence-corrected chi connectivity index (χ1v) is 8.77. The van der Waals surface area contributed by atoms with Crippen molar-refractivity contribution in [3.05, 3.63) is 70.6 Å². The Kier molecular flexibility index (Phi) is 5.46. The maximum absolute atomic E-state index is 13.6. The summed E-state index contributed by atoms with van der Waals surface area (Å²) in [6.45, 7) is 0. The summed E-state index contributed by atoms with van der Waals surface area (Å²) in [6, 6.07) is 12.9. The monoisotopic (exact) mass is 387 g/mol. The maximum Gasteiger partial charge on any atom is 0.268 e. The molecule has 2 amide bonds. The highest BCUT2D eigenvalue weighted by Gasteiger charge is 2.24. The van der Waals surface area contributed by atoms with Crippen LogP contribution in [0, 0.1) is 5.82 Å². The van der Waals surface area contributed by atoms with Crippen LogP contribution in [0.2, 0.25) is 5.02 Å². The zero-order chi connectivity index (χ0) is 19.6. The van der Waals surface area contributed by atoms with E-state index in [1.807, 2.05) is 30.3 Å². The second-order valence-corrected chi connectivity index (χ2v) is 6.83. The van der Waals surface area contributed by atoms with Gasteiger partial charge in [-0.1, -0.05) is 41.9 Å². The molecule has 0 aliphatic heterocycles. The summed E-state index contributed by atoms with van der Waals surface area (Å²) in [7, 11) is 3.27. The Bertz CT molecular complexity index is 986. The number of halogens is 2. The fourth-order valence-electron chi connectivity index (χ4n) is 2.86. The van der Waals surface area contributed by atoms with E-state index in [-0.39, 0.29) is 16.6 Å². The van der Waals surface area contributed by atoms with Crippen molar-refractivity contribution < 1.29 is 14.0 Å². The first kappa shape index (κ1) is 18.9. The fraction of sp³-hybridized carbons (Fsp3) is 0.200. The van der Waals surface area contributed by atoms with Gasteiger partial charge in [0.2, 0.25) is 5.91 Å². The van der Waals surface area contributed by atoms with Crippen molar-refractivity contribution in [3.63, 3.8) is 0 Å². The summed E-state index contributed by atoms with van der Waals surface area (Å²) in [5.41, 5.74) is 1.69. The Balaban J connectivity index is 1.85. The molecular weight excluding hydrogens is 369 g/mol. The van der Waals surface area contributed by atoms with Crippen LogP contribution < -0.4 is 5.32 Å². The van der Waals surface area contributed by atoms with Crippen molar-refractivity contribution in [1.29, 1.82) is 0 Å². The molecule has 27 heavy (non-hydrogen) atoms. The number of likely N-dealkylation sites (N-methyl/N-ethyl adjacent to an activating group) is 1. The molecule has 3 aromatic rings. The molecule has 1 heterocycles. The number of amides is 2. The largest absolute Gasteiger partial charge is 0.350 e. The van der Waals surface area contributed by atoms with E-state index in [0.717, 1.165) is 5.56 Å². The topological polar surface area (TPSA) is 65.2 Å². The van der Waals surface area contributed by atoms with Crippen LogP contribution in [0.3, 0.4) is 0 Å². The summed E-state index contributed by atoms with van der Waals surface area (Å²) in [6.07, 6.45) is 0.360. The second kappa shape index (κ2) is 7.80. The highest BCUT2D eigenvalue weighted by molar-refractivity contribution is 6.35. The minimum Gasteiger partial charge on any atom is -0.350 e. The summed E-state index contributed by atoms with van der Waals surface area (Å²) in [4.78, 5) is 29.6. The van der Waals surface area contributed by atoms with E-state index in [9.17, 15) is 14.0 Å². The van der Waals surface area contributed by atoms with E-state index >= 15 is 0 Å². The van der Waals surface area contributed by atoms with Crippen LogP contribution in [0.25, 0.3) is 10.9 Å². The second-order valence-electron chi connectivity index (χ2n) is 6.45. The van der Waals surface area contributed by atoms with Crippen molar-refractivity contribution in [3.8, 4) is 0 Å². The number of nitrogens with zero attached hydrogens (tertiary/aromatic N) is 1. The Morgan fingerprint density at radius 1 is 1.19 bits per heavy atom. The first-order chi connectivity index (χ1) is 12.9. The average molecular weight is 388 g/mol. The number of rotatable bonds is 5. The molecule has 3 rings (SSSR count). The van der Waals surface area contributed by atoms with Crippen molar-refractivity contribution in [1.82, 2.24) is 15.2 Å². The lowest BCUT2D eigenvalue weighted by Crippen LogP contribution is -2.47. The number of aromatic amines is 1. The van der Waals surface area contributed by atoms with Crippen molar-refractivity contribution in [2.75, 3.05) is 14.1 Å². The summed E-state index contributed by atoms with van der Waals surface area (Å²) < 4.78 is 13.6. The zero-order valence-electron chi connectivity index (χ0n) is 14.9. The van der Waals surface area contributed by atoms with Gasteiger partial charge < -0.3 is 15.2 Å². The average Bonchev–Trinajstić information content (AvgIpc) is 3.09. The van der Waals surface area contributed by atoms with E-state index in [1.165, 1.54) is 23.1 Å². The molecule has 0 spiro atoms. The molecule has 0 aliphatic rings. The lowest BCUT2D eigenvalue weighted by molar-refractivity contribution is -0.130. The number of hydrogen-bond donors (Lipinski definition) is 2. The fourth-order valence-corrected chi connectivity index (χ4v) is 3.08. The van der Waals surface area contributed by atoms with Crippen LogP contribution in [-0.2, 0) is 11.2 Å². The number of carbonyl (C=O) groups is 2. The lowest BCUT2D eigenvalue weighted by atomic mass is 10.0. The van der Waals surface area contributed by atoms with Crippen LogP contribution >= 0.6 is 11.6 Å². The van der Waals surface area contributed by atoms with Gasteiger partial charge in [0, 0.05) is 31.4 Å². The van der Waals surface area contributed by atoms with Crippen LogP contribution in [0.15, 0.2) is 48.5 Å². The van der Waals surface area contributed by atoms with Crippen LogP contribution in [-0.4, -0.2) is 41.8 Å². The molecule has 0 saturated heterocycles. The number of benzene rings is 2. The summed E-state index contributed by atoms with van der Waals surface area (Å²) in [5, 5.41) is 3.13. The highest BCUT2D eigenvalue weighted by atomic mass is 35.5. The number of hydrogen-bond acceptors (Lipinski definition) is 2. The molecule has 2 N–H and O–H groups in total. The molecule has 0 unspecified atom stereocenters. The van der Waals surface area contributed by atoms with E-state index < -0.39 is 17.8 Å². The first-order valence-electron chi connectivity index (χ1n) is 8.39. The molecule has 0 fully saturated rings. The smallest absolute Gasteiger partial charge is 0.268 e. The number of H-pyrrole nitrogens is 1. The van der Waals surface area contributed by atoms with Gasteiger partial charge in [-0.25, -0.2) is 4.39 Å². The third-order valence-electron chi connectivity index (χ3n) is 4.26. The molecular formula is C20H19ClFN3O2. The Morgan fingerprint density at radius 2 is 1.89 bits per heavy atom. The lowest BCUT2D eigenvalue weighted by Gasteiger charge is -2.21. The van der Waals surface area contributed by atoms with Crippen molar-refractivity contribution >= 4 is 34.3 Å². The van der Waals surface area contributed by atoms with Gasteiger partial charge >= 0.3 is 0 Å². The molecule has 2 aromatic carbocycles. The molecule has 1 aromatic heterocycles. The number of carbonyl (C=O) groups excluding carboxylic acids is 2. The molecule has 0 saturated carbocycles. The molecule has 7 heteroatoms. The highest BCUT2D eigenvalue weighted by Crippen LogP contribution is 2.27. The minimum atomic E-state index is -0.728. The molecule has 0 radical (unpaired) electrons. The van der Waals surface area contributed by atoms with Crippen LogP contribution in [0.4, 0.5) is 4.39 Å². The molecule has 0 bridgehead atoms. The summed E-state index contributed by atoms with van der Waals surface area (Å²) >= 11 is 5.96. The van der Waals surface area contributed by atoms with Gasteiger partial charge in [-0.05, 0) is 23.8 Å². The quantitative estimate of drug-likeness (QED) is 0.704. The maximum atomic E-state index is 13.6. The van der Waals surface area contributed by atoms with Gasteiger partial charge in [0.1, 0.15) is 17.6 Å². The third kappa shape index (κ3) is 4.11. The molecule has 1 atom stereocenters. The molecule has 0 aliphatic carbocycles. The predicted octanol–water partition coefficient (Wildman–Crippen LogP) is 3.39. The van der Waals surface area contributed by atoms with Crippen LogP contribution in [0.5, 0.6) is 0 Å². The standard InChI is InChI=1S/C20H19ClFN3O2/c1-25(2)20(27)17(10-12-6-4-3-5-7-12)24-19(26)16-11-13-15(23-16)9-8-14(22)18(13)21/h3-9,11,17,23H,10H2,1-2H3,(H,24,26)/t17-/m0/s1. The van der Waals surface area contributed by atoms with Crippen molar-refractivity contribution in [2.24, 2.45) is 0 Å². The van der Waals surface area contributed by atoms with Crippen molar-refractivity contribution in [2.45, 2.75) is 12.5 Å². The number of fused-ring (bicyclic) bond motifs is 1. The predicted molar refractivity (Wildman–Crippen MR) is 103 cm³/mol.